The van der Waals surface area contributed by atoms with Gasteiger partial charge in [-0.15, -0.1) is 0 Å². The van der Waals surface area contributed by atoms with Crippen LogP contribution in [0.25, 0.3) is 16.8 Å². The van der Waals surface area contributed by atoms with E-state index in [2.05, 4.69) is 15.5 Å². The van der Waals surface area contributed by atoms with E-state index in [-0.39, 0.29) is 11.2 Å². The number of carbonyl (C=O) groups is 1. The first-order chi connectivity index (χ1) is 13.9. The lowest BCUT2D eigenvalue weighted by molar-refractivity contribution is -0.117. The van der Waals surface area contributed by atoms with Crippen molar-refractivity contribution in [3.63, 3.8) is 0 Å². The van der Waals surface area contributed by atoms with E-state index in [1.165, 1.54) is 41.2 Å². The molecule has 0 unspecified atom stereocenters. The van der Waals surface area contributed by atoms with Gasteiger partial charge in [0.15, 0.2) is 0 Å². The highest BCUT2D eigenvalue weighted by molar-refractivity contribution is 5.90. The molecule has 0 aliphatic carbocycles. The van der Waals surface area contributed by atoms with Crippen LogP contribution in [-0.2, 0) is 11.3 Å². The van der Waals surface area contributed by atoms with Crippen molar-refractivity contribution in [3.05, 3.63) is 82.7 Å². The number of halogens is 3. The molecule has 0 radical (unpaired) electrons. The molecule has 10 heteroatoms. The SMILES string of the molecule is O=C(Cn1ncn2nc(-c3ccc(F)cc3)cc2c1=O)Nc1cc(F)cc(F)c1. The summed E-state index contributed by atoms with van der Waals surface area (Å²) in [6.45, 7) is -0.468. The quantitative estimate of drug-likeness (QED) is 0.572. The number of benzene rings is 2. The van der Waals surface area contributed by atoms with Crippen LogP contribution in [0.5, 0.6) is 0 Å². The summed E-state index contributed by atoms with van der Waals surface area (Å²) < 4.78 is 41.7. The molecular formula is C19H12F3N5O2. The van der Waals surface area contributed by atoms with Crippen LogP contribution in [-0.4, -0.2) is 25.3 Å². The number of nitrogens with one attached hydrogen (secondary N) is 1. The van der Waals surface area contributed by atoms with Gasteiger partial charge in [0.25, 0.3) is 5.56 Å². The first-order valence-corrected chi connectivity index (χ1v) is 8.36. The van der Waals surface area contributed by atoms with Crippen molar-refractivity contribution in [3.8, 4) is 11.3 Å². The largest absolute Gasteiger partial charge is 0.324 e. The first kappa shape index (κ1) is 18.4. The number of fused-ring (bicyclic) bond motifs is 1. The van der Waals surface area contributed by atoms with Gasteiger partial charge in [-0.3, -0.25) is 9.59 Å². The first-order valence-electron chi connectivity index (χ1n) is 8.36. The van der Waals surface area contributed by atoms with Crippen LogP contribution in [0, 0.1) is 17.5 Å². The van der Waals surface area contributed by atoms with Crippen LogP contribution in [0.1, 0.15) is 0 Å². The number of aromatic nitrogens is 4. The van der Waals surface area contributed by atoms with Crippen molar-refractivity contribution < 1.29 is 18.0 Å². The molecule has 4 aromatic rings. The molecule has 7 nitrogen and oxygen atoms in total. The van der Waals surface area contributed by atoms with Crippen molar-refractivity contribution in [2.75, 3.05) is 5.32 Å². The highest BCUT2D eigenvalue weighted by Gasteiger charge is 2.13. The molecule has 0 saturated carbocycles. The Hall–Kier alpha value is -3.95. The Morgan fingerprint density at radius 2 is 1.66 bits per heavy atom. The van der Waals surface area contributed by atoms with E-state index in [0.29, 0.717) is 17.3 Å². The van der Waals surface area contributed by atoms with Crippen molar-refractivity contribution in [2.45, 2.75) is 6.54 Å². The van der Waals surface area contributed by atoms with Crippen LogP contribution < -0.4 is 10.9 Å². The molecule has 0 atom stereocenters. The summed E-state index contributed by atoms with van der Waals surface area (Å²) in [5, 5.41) is 10.4. The predicted molar refractivity (Wildman–Crippen MR) is 97.6 cm³/mol. The summed E-state index contributed by atoms with van der Waals surface area (Å²) in [6, 6.07) is 9.66. The highest BCUT2D eigenvalue weighted by atomic mass is 19.1. The van der Waals surface area contributed by atoms with Gasteiger partial charge in [-0.25, -0.2) is 22.4 Å². The minimum Gasteiger partial charge on any atom is -0.324 e. The van der Waals surface area contributed by atoms with Crippen molar-refractivity contribution in [1.29, 1.82) is 0 Å². The fourth-order valence-corrected chi connectivity index (χ4v) is 2.77. The molecule has 0 saturated heterocycles. The summed E-state index contributed by atoms with van der Waals surface area (Å²) in [5.74, 6) is -2.77. The molecule has 2 aromatic carbocycles. The maximum Gasteiger partial charge on any atom is 0.293 e. The second-order valence-electron chi connectivity index (χ2n) is 6.17. The Bertz CT molecular complexity index is 1260. The molecule has 0 bridgehead atoms. The fraction of sp³-hybridized carbons (Fsp3) is 0.0526. The Balaban J connectivity index is 1.59. The van der Waals surface area contributed by atoms with Crippen LogP contribution in [0.15, 0.2) is 59.7 Å². The lowest BCUT2D eigenvalue weighted by atomic mass is 10.1. The topological polar surface area (TPSA) is 81.3 Å². The van der Waals surface area contributed by atoms with Crippen molar-refractivity contribution in [2.24, 2.45) is 0 Å². The van der Waals surface area contributed by atoms with Gasteiger partial charge in [-0.1, -0.05) is 0 Å². The van der Waals surface area contributed by atoms with E-state index in [9.17, 15) is 22.8 Å². The molecule has 29 heavy (non-hydrogen) atoms. The van der Waals surface area contributed by atoms with Crippen molar-refractivity contribution >= 4 is 17.1 Å². The zero-order valence-corrected chi connectivity index (χ0v) is 14.6. The molecule has 2 aromatic heterocycles. The van der Waals surface area contributed by atoms with Gasteiger partial charge in [-0.2, -0.15) is 10.2 Å². The molecule has 1 N–H and O–H groups in total. The van der Waals surface area contributed by atoms with E-state index in [1.807, 2.05) is 0 Å². The number of hydrogen-bond donors (Lipinski definition) is 1. The van der Waals surface area contributed by atoms with E-state index in [0.717, 1.165) is 16.8 Å². The lowest BCUT2D eigenvalue weighted by Crippen LogP contribution is -2.30. The highest BCUT2D eigenvalue weighted by Crippen LogP contribution is 2.18. The smallest absolute Gasteiger partial charge is 0.293 e. The molecule has 2 heterocycles. The van der Waals surface area contributed by atoms with Crippen LogP contribution in [0.4, 0.5) is 18.9 Å². The van der Waals surface area contributed by atoms with E-state index in [1.54, 1.807) is 0 Å². The zero-order chi connectivity index (χ0) is 20.5. The Morgan fingerprint density at radius 3 is 2.34 bits per heavy atom. The minimum absolute atomic E-state index is 0.0791. The third-order valence-electron chi connectivity index (χ3n) is 4.07. The molecule has 0 fully saturated rings. The predicted octanol–water partition coefficient (Wildman–Crippen LogP) is 2.61. The molecule has 1 amide bonds. The van der Waals surface area contributed by atoms with E-state index in [4.69, 9.17) is 0 Å². The second kappa shape index (κ2) is 7.23. The summed E-state index contributed by atoms with van der Waals surface area (Å²) in [7, 11) is 0. The normalized spacial score (nSPS) is 11.0. The molecule has 0 aliphatic heterocycles. The summed E-state index contributed by atoms with van der Waals surface area (Å²) in [5.41, 5.74) is 0.524. The maximum atomic E-state index is 13.2. The van der Waals surface area contributed by atoms with E-state index < -0.39 is 35.5 Å². The third kappa shape index (κ3) is 3.86. The van der Waals surface area contributed by atoms with Gasteiger partial charge in [0, 0.05) is 17.3 Å². The van der Waals surface area contributed by atoms with Crippen LogP contribution >= 0.6 is 0 Å². The molecular weight excluding hydrogens is 387 g/mol. The summed E-state index contributed by atoms with van der Waals surface area (Å²) in [6.07, 6.45) is 1.25. The number of anilines is 1. The monoisotopic (exact) mass is 399 g/mol. The second-order valence-corrected chi connectivity index (χ2v) is 6.17. The molecule has 0 spiro atoms. The maximum absolute atomic E-state index is 13.2. The van der Waals surface area contributed by atoms with Gasteiger partial charge in [0.2, 0.25) is 5.91 Å². The molecule has 146 valence electrons. The van der Waals surface area contributed by atoms with E-state index >= 15 is 0 Å². The number of rotatable bonds is 4. The fourth-order valence-electron chi connectivity index (χ4n) is 2.77. The molecule has 0 aliphatic rings. The van der Waals surface area contributed by atoms with Crippen LogP contribution in [0.3, 0.4) is 0 Å². The average Bonchev–Trinajstić information content (AvgIpc) is 3.09. The Labute approximate surface area is 161 Å². The minimum atomic E-state index is -0.843. The number of hydrogen-bond acceptors (Lipinski definition) is 4. The standard InChI is InChI=1S/C19H12F3N5O2/c20-12-3-1-11(2-4-12)16-8-17-19(29)26(23-10-27(17)25-16)9-18(28)24-15-6-13(21)5-14(22)7-15/h1-8,10H,9H2,(H,24,28). The number of amides is 1. The number of nitrogens with zero attached hydrogens (tertiary/aromatic N) is 4. The number of carbonyl (C=O) groups excluding carboxylic acids is 1. The van der Waals surface area contributed by atoms with Gasteiger partial charge >= 0.3 is 0 Å². The van der Waals surface area contributed by atoms with Gasteiger partial charge in [0.1, 0.15) is 35.8 Å². The van der Waals surface area contributed by atoms with Crippen molar-refractivity contribution in [1.82, 2.24) is 19.4 Å². The lowest BCUT2D eigenvalue weighted by Gasteiger charge is -2.07. The summed E-state index contributed by atoms with van der Waals surface area (Å²) >= 11 is 0. The van der Waals surface area contributed by atoms with Gasteiger partial charge in [0.05, 0.1) is 5.69 Å². The Kier molecular flexibility index (Phi) is 4.59. The third-order valence-corrected chi connectivity index (χ3v) is 4.07. The summed E-state index contributed by atoms with van der Waals surface area (Å²) in [4.78, 5) is 24.7. The van der Waals surface area contributed by atoms with Crippen LogP contribution in [0.2, 0.25) is 0 Å². The zero-order valence-electron chi connectivity index (χ0n) is 14.6. The average molecular weight is 399 g/mol. The van der Waals surface area contributed by atoms with Gasteiger partial charge < -0.3 is 5.32 Å². The van der Waals surface area contributed by atoms with Gasteiger partial charge in [-0.05, 0) is 42.5 Å². The molecule has 4 rings (SSSR count). The Morgan fingerprint density at radius 1 is 0.966 bits per heavy atom.